The van der Waals surface area contributed by atoms with Gasteiger partial charge >= 0.3 is 0 Å². The van der Waals surface area contributed by atoms with Crippen LogP contribution in [0.1, 0.15) is 13.3 Å². The second kappa shape index (κ2) is 8.44. The summed E-state index contributed by atoms with van der Waals surface area (Å²) in [4.78, 5) is 28.7. The molecule has 3 rings (SSSR count). The second-order valence-corrected chi connectivity index (χ2v) is 7.39. The summed E-state index contributed by atoms with van der Waals surface area (Å²) in [6.07, 6.45) is 0.207. The molecular weight excluding hydrogens is 362 g/mol. The number of benzene rings is 2. The van der Waals surface area contributed by atoms with Crippen LogP contribution in [-0.2, 0) is 9.59 Å². The normalized spacial score (nSPS) is 17.7. The molecule has 142 valence electrons. The first kappa shape index (κ1) is 19.2. The lowest BCUT2D eigenvalue weighted by atomic mass is 10.1. The Morgan fingerprint density at radius 2 is 1.89 bits per heavy atom. The predicted octanol–water partition coefficient (Wildman–Crippen LogP) is 3.33. The van der Waals surface area contributed by atoms with Crippen molar-refractivity contribution in [2.45, 2.75) is 19.4 Å². The van der Waals surface area contributed by atoms with E-state index in [1.807, 2.05) is 56.4 Å². The summed E-state index contributed by atoms with van der Waals surface area (Å²) in [5.74, 6) is -0.526. The SMILES string of the molecule is CC(CN(C)c1ccccc1)NC(=O)C1CC(=O)N(c2ccccc2Cl)C1. The second-order valence-electron chi connectivity index (χ2n) is 6.98. The molecule has 2 aromatic rings. The number of rotatable bonds is 6. The van der Waals surface area contributed by atoms with Crippen molar-refractivity contribution in [2.75, 3.05) is 29.9 Å². The van der Waals surface area contributed by atoms with Crippen LogP contribution < -0.4 is 15.1 Å². The highest BCUT2D eigenvalue weighted by Crippen LogP contribution is 2.31. The third-order valence-electron chi connectivity index (χ3n) is 4.77. The number of hydrogen-bond donors (Lipinski definition) is 1. The van der Waals surface area contributed by atoms with Crippen molar-refractivity contribution in [1.29, 1.82) is 0 Å². The molecule has 2 amide bonds. The molecule has 1 saturated heterocycles. The first-order chi connectivity index (χ1) is 13.0. The highest BCUT2D eigenvalue weighted by molar-refractivity contribution is 6.33. The van der Waals surface area contributed by atoms with Gasteiger partial charge in [-0.3, -0.25) is 9.59 Å². The number of amides is 2. The Morgan fingerprint density at radius 1 is 1.22 bits per heavy atom. The van der Waals surface area contributed by atoms with Crippen LogP contribution in [-0.4, -0.2) is 38.0 Å². The average molecular weight is 386 g/mol. The summed E-state index contributed by atoms with van der Waals surface area (Å²) >= 11 is 6.20. The highest BCUT2D eigenvalue weighted by Gasteiger charge is 2.36. The minimum Gasteiger partial charge on any atom is -0.373 e. The maximum atomic E-state index is 12.6. The molecule has 2 aromatic carbocycles. The Bertz CT molecular complexity index is 812. The Morgan fingerprint density at radius 3 is 2.59 bits per heavy atom. The first-order valence-electron chi connectivity index (χ1n) is 9.07. The number of hydrogen-bond acceptors (Lipinski definition) is 3. The molecule has 0 aliphatic carbocycles. The Labute approximate surface area is 164 Å². The molecule has 1 aliphatic heterocycles. The molecule has 1 N–H and O–H groups in total. The number of anilines is 2. The van der Waals surface area contributed by atoms with E-state index in [0.29, 0.717) is 23.8 Å². The van der Waals surface area contributed by atoms with E-state index in [9.17, 15) is 9.59 Å². The molecular formula is C21H24ClN3O2. The van der Waals surface area contributed by atoms with Crippen LogP contribution in [0.3, 0.4) is 0 Å². The highest BCUT2D eigenvalue weighted by atomic mass is 35.5. The molecule has 0 aromatic heterocycles. The average Bonchev–Trinajstić information content (AvgIpc) is 3.04. The van der Waals surface area contributed by atoms with Crippen LogP contribution in [0, 0.1) is 5.92 Å². The van der Waals surface area contributed by atoms with Gasteiger partial charge in [-0.1, -0.05) is 41.9 Å². The van der Waals surface area contributed by atoms with E-state index in [-0.39, 0.29) is 30.2 Å². The van der Waals surface area contributed by atoms with Gasteiger partial charge in [0, 0.05) is 38.3 Å². The van der Waals surface area contributed by atoms with E-state index in [2.05, 4.69) is 10.2 Å². The van der Waals surface area contributed by atoms with Crippen LogP contribution in [0.5, 0.6) is 0 Å². The van der Waals surface area contributed by atoms with Gasteiger partial charge in [-0.05, 0) is 31.2 Å². The van der Waals surface area contributed by atoms with Crippen LogP contribution >= 0.6 is 11.6 Å². The number of para-hydroxylation sites is 2. The zero-order valence-corrected chi connectivity index (χ0v) is 16.3. The van der Waals surface area contributed by atoms with Gasteiger partial charge < -0.3 is 15.1 Å². The number of likely N-dealkylation sites (N-methyl/N-ethyl adjacent to an activating group) is 1. The maximum Gasteiger partial charge on any atom is 0.227 e. The molecule has 1 heterocycles. The van der Waals surface area contributed by atoms with Gasteiger partial charge in [0.05, 0.1) is 16.6 Å². The summed E-state index contributed by atoms with van der Waals surface area (Å²) in [5.41, 5.74) is 1.76. The molecule has 0 spiro atoms. The minimum absolute atomic E-state index is 0.0350. The first-order valence-corrected chi connectivity index (χ1v) is 9.45. The molecule has 5 nitrogen and oxygen atoms in total. The topological polar surface area (TPSA) is 52.7 Å². The van der Waals surface area contributed by atoms with Crippen LogP contribution in [0.2, 0.25) is 5.02 Å². The largest absolute Gasteiger partial charge is 0.373 e. The van der Waals surface area contributed by atoms with Gasteiger partial charge in [0.25, 0.3) is 0 Å². The van der Waals surface area contributed by atoms with Gasteiger partial charge in [0.1, 0.15) is 0 Å². The molecule has 2 atom stereocenters. The van der Waals surface area contributed by atoms with Crippen molar-refractivity contribution in [2.24, 2.45) is 5.92 Å². The van der Waals surface area contributed by atoms with Gasteiger partial charge in [0.2, 0.25) is 11.8 Å². The standard InChI is InChI=1S/C21H24ClN3O2/c1-15(13-24(2)17-8-4-3-5-9-17)23-21(27)16-12-20(26)25(14-16)19-11-7-6-10-18(19)22/h3-11,15-16H,12-14H2,1-2H3,(H,23,27). The molecule has 27 heavy (non-hydrogen) atoms. The van der Waals surface area contributed by atoms with E-state index in [0.717, 1.165) is 5.69 Å². The quantitative estimate of drug-likeness (QED) is 0.829. The maximum absolute atomic E-state index is 12.6. The Kier molecular flexibility index (Phi) is 6.01. The predicted molar refractivity (Wildman–Crippen MR) is 109 cm³/mol. The lowest BCUT2D eigenvalue weighted by molar-refractivity contribution is -0.126. The summed E-state index contributed by atoms with van der Waals surface area (Å²) in [6, 6.07) is 17.2. The summed E-state index contributed by atoms with van der Waals surface area (Å²) in [7, 11) is 2.00. The van der Waals surface area contributed by atoms with Crippen molar-refractivity contribution in [1.82, 2.24) is 5.32 Å². The van der Waals surface area contributed by atoms with E-state index >= 15 is 0 Å². The molecule has 0 bridgehead atoms. The minimum atomic E-state index is -0.363. The third kappa shape index (κ3) is 4.61. The van der Waals surface area contributed by atoms with E-state index < -0.39 is 0 Å². The van der Waals surface area contributed by atoms with Gasteiger partial charge in [-0.15, -0.1) is 0 Å². The summed E-state index contributed by atoms with van der Waals surface area (Å²) in [5, 5.41) is 3.56. The number of nitrogens with one attached hydrogen (secondary N) is 1. The third-order valence-corrected chi connectivity index (χ3v) is 5.09. The molecule has 1 fully saturated rings. The molecule has 0 saturated carbocycles. The zero-order valence-electron chi connectivity index (χ0n) is 15.6. The van der Waals surface area contributed by atoms with Crippen LogP contribution in [0.4, 0.5) is 11.4 Å². The van der Waals surface area contributed by atoms with Gasteiger partial charge in [0.15, 0.2) is 0 Å². The van der Waals surface area contributed by atoms with E-state index in [1.165, 1.54) is 0 Å². The fourth-order valence-corrected chi connectivity index (χ4v) is 3.63. The number of carbonyl (C=O) groups excluding carboxylic acids is 2. The molecule has 0 radical (unpaired) electrons. The monoisotopic (exact) mass is 385 g/mol. The fourth-order valence-electron chi connectivity index (χ4n) is 3.39. The molecule has 1 aliphatic rings. The number of halogens is 1. The Hall–Kier alpha value is -2.53. The van der Waals surface area contributed by atoms with Crippen molar-refractivity contribution in [3.05, 3.63) is 59.6 Å². The number of nitrogens with zero attached hydrogens (tertiary/aromatic N) is 2. The summed E-state index contributed by atoms with van der Waals surface area (Å²) < 4.78 is 0. The van der Waals surface area contributed by atoms with Crippen LogP contribution in [0.15, 0.2) is 54.6 Å². The van der Waals surface area contributed by atoms with Gasteiger partial charge in [-0.2, -0.15) is 0 Å². The fraction of sp³-hybridized carbons (Fsp3) is 0.333. The van der Waals surface area contributed by atoms with Crippen LogP contribution in [0.25, 0.3) is 0 Å². The van der Waals surface area contributed by atoms with E-state index in [1.54, 1.807) is 17.0 Å². The van der Waals surface area contributed by atoms with Crippen molar-refractivity contribution in [3.63, 3.8) is 0 Å². The Balaban J connectivity index is 1.57. The zero-order chi connectivity index (χ0) is 19.4. The smallest absolute Gasteiger partial charge is 0.227 e. The lowest BCUT2D eigenvalue weighted by Crippen LogP contribution is -2.43. The molecule has 6 heteroatoms. The summed E-state index contributed by atoms with van der Waals surface area (Å²) in [6.45, 7) is 3.01. The lowest BCUT2D eigenvalue weighted by Gasteiger charge is -2.25. The number of carbonyl (C=O) groups is 2. The van der Waals surface area contributed by atoms with Crippen molar-refractivity contribution < 1.29 is 9.59 Å². The van der Waals surface area contributed by atoms with Crippen molar-refractivity contribution >= 4 is 34.8 Å². The van der Waals surface area contributed by atoms with Crippen molar-refractivity contribution in [3.8, 4) is 0 Å². The van der Waals surface area contributed by atoms with E-state index in [4.69, 9.17) is 11.6 Å². The van der Waals surface area contributed by atoms with Gasteiger partial charge in [-0.25, -0.2) is 0 Å². The molecule has 2 unspecified atom stereocenters.